The molecule has 3 aromatic rings. The highest BCUT2D eigenvalue weighted by Crippen LogP contribution is 2.47. The summed E-state index contributed by atoms with van der Waals surface area (Å²) in [7, 11) is 1.62. The molecule has 2 aliphatic carbocycles. The van der Waals surface area contributed by atoms with Gasteiger partial charge in [0.25, 0.3) is 0 Å². The number of rotatable bonds is 11. The van der Waals surface area contributed by atoms with Crippen molar-refractivity contribution in [2.24, 2.45) is 11.8 Å². The van der Waals surface area contributed by atoms with E-state index in [1.165, 1.54) is 29.8 Å². The average molecular weight is 555 g/mol. The molecule has 5 heteroatoms. The summed E-state index contributed by atoms with van der Waals surface area (Å²) < 4.78 is 33.6. The Morgan fingerprint density at radius 1 is 0.927 bits per heavy atom. The molecule has 0 aromatic heterocycles. The molecule has 0 fully saturated rings. The number of halogens is 2. The predicted octanol–water partition coefficient (Wildman–Crippen LogP) is 8.68. The molecular formula is C36H36F2O3. The second-order valence-corrected chi connectivity index (χ2v) is 11.3. The number of benzene rings is 3. The zero-order valence-electron chi connectivity index (χ0n) is 23.7. The third-order valence-corrected chi connectivity index (χ3v) is 8.51. The van der Waals surface area contributed by atoms with Crippen molar-refractivity contribution in [3.8, 4) is 5.75 Å². The lowest BCUT2D eigenvalue weighted by molar-refractivity contribution is -0.119. The lowest BCUT2D eigenvalue weighted by atomic mass is 9.81. The van der Waals surface area contributed by atoms with Crippen LogP contribution in [0.1, 0.15) is 78.4 Å². The van der Waals surface area contributed by atoms with Crippen molar-refractivity contribution in [1.29, 1.82) is 0 Å². The highest BCUT2D eigenvalue weighted by molar-refractivity contribution is 6.01. The van der Waals surface area contributed by atoms with Crippen LogP contribution in [0.4, 0.5) is 8.78 Å². The van der Waals surface area contributed by atoms with Crippen molar-refractivity contribution >= 4 is 17.1 Å². The van der Waals surface area contributed by atoms with E-state index in [1.807, 2.05) is 24.3 Å². The Hall–Kier alpha value is -3.86. The van der Waals surface area contributed by atoms with E-state index in [-0.39, 0.29) is 23.3 Å². The summed E-state index contributed by atoms with van der Waals surface area (Å²) >= 11 is 0. The summed E-state index contributed by atoms with van der Waals surface area (Å²) in [5.74, 6) is -0.327. The number of methoxy groups -OCH3 is 1. The molecule has 0 saturated carbocycles. The van der Waals surface area contributed by atoms with Crippen LogP contribution in [0.25, 0.3) is 5.57 Å². The molecule has 0 radical (unpaired) electrons. The van der Waals surface area contributed by atoms with Crippen molar-refractivity contribution in [1.82, 2.24) is 0 Å². The second kappa shape index (κ2) is 12.8. The van der Waals surface area contributed by atoms with Gasteiger partial charge in [-0.2, -0.15) is 0 Å². The van der Waals surface area contributed by atoms with E-state index < -0.39 is 11.7 Å². The van der Waals surface area contributed by atoms with Gasteiger partial charge in [0.2, 0.25) is 0 Å². The number of carbonyl (C=O) groups excluding carboxylic acids is 2. The summed E-state index contributed by atoms with van der Waals surface area (Å²) in [6, 6.07) is 17.9. The largest absolute Gasteiger partial charge is 0.496 e. The average Bonchev–Trinajstić information content (AvgIpc) is 3.61. The number of ketones is 2. The van der Waals surface area contributed by atoms with E-state index in [0.29, 0.717) is 42.9 Å². The SMILES string of the molecule is COc1c(CCC(=O)CCC2C=C(C)CC2)cccc1C1CC(c2ccc(F)cc2)=CC1C(=O)c1cccc(F)c1. The van der Waals surface area contributed by atoms with Gasteiger partial charge in [0, 0.05) is 30.2 Å². The Balaban J connectivity index is 1.39. The normalized spacial score (nSPS) is 20.0. The van der Waals surface area contributed by atoms with Crippen molar-refractivity contribution in [2.75, 3.05) is 7.11 Å². The van der Waals surface area contributed by atoms with Gasteiger partial charge in [0.05, 0.1) is 7.11 Å². The number of ether oxygens (including phenoxy) is 1. The lowest BCUT2D eigenvalue weighted by Gasteiger charge is -2.23. The Morgan fingerprint density at radius 2 is 1.71 bits per heavy atom. The molecule has 3 nitrogen and oxygen atoms in total. The molecule has 0 aliphatic heterocycles. The van der Waals surface area contributed by atoms with Crippen LogP contribution in [-0.4, -0.2) is 18.7 Å². The number of aryl methyl sites for hydroxylation is 1. The van der Waals surface area contributed by atoms with Gasteiger partial charge in [-0.1, -0.05) is 60.2 Å². The predicted molar refractivity (Wildman–Crippen MR) is 158 cm³/mol. The zero-order valence-corrected chi connectivity index (χ0v) is 23.7. The van der Waals surface area contributed by atoms with Crippen LogP contribution in [0.2, 0.25) is 0 Å². The number of hydrogen-bond donors (Lipinski definition) is 0. The second-order valence-electron chi connectivity index (χ2n) is 11.3. The molecular weight excluding hydrogens is 518 g/mol. The van der Waals surface area contributed by atoms with Gasteiger partial charge in [0.1, 0.15) is 23.2 Å². The summed E-state index contributed by atoms with van der Waals surface area (Å²) in [6.07, 6.45) is 9.52. The van der Waals surface area contributed by atoms with Gasteiger partial charge >= 0.3 is 0 Å². The van der Waals surface area contributed by atoms with Crippen molar-refractivity contribution in [2.45, 2.75) is 57.8 Å². The van der Waals surface area contributed by atoms with Gasteiger partial charge in [-0.15, -0.1) is 0 Å². The molecule has 5 rings (SSSR count). The van der Waals surface area contributed by atoms with Crippen LogP contribution in [0.3, 0.4) is 0 Å². The minimum atomic E-state index is -0.550. The van der Waals surface area contributed by atoms with Crippen molar-refractivity contribution < 1.29 is 23.1 Å². The first-order valence-electron chi connectivity index (χ1n) is 14.4. The number of hydrogen-bond acceptors (Lipinski definition) is 3. The van der Waals surface area contributed by atoms with Crippen LogP contribution < -0.4 is 4.74 Å². The van der Waals surface area contributed by atoms with E-state index in [1.54, 1.807) is 31.4 Å². The Bertz CT molecular complexity index is 1480. The molecule has 0 heterocycles. The summed E-state index contributed by atoms with van der Waals surface area (Å²) in [4.78, 5) is 26.5. The Kier molecular flexibility index (Phi) is 8.92. The monoisotopic (exact) mass is 554 g/mol. The van der Waals surface area contributed by atoms with Gasteiger partial charge in [-0.05, 0) is 91.5 Å². The van der Waals surface area contributed by atoms with Gasteiger partial charge < -0.3 is 4.74 Å². The van der Waals surface area contributed by atoms with E-state index in [2.05, 4.69) is 13.0 Å². The molecule has 2 aliphatic rings. The molecule has 3 unspecified atom stereocenters. The van der Waals surface area contributed by atoms with Crippen LogP contribution >= 0.6 is 0 Å². The molecule has 0 amide bonds. The van der Waals surface area contributed by atoms with Crippen molar-refractivity contribution in [3.63, 3.8) is 0 Å². The van der Waals surface area contributed by atoms with E-state index in [9.17, 15) is 18.4 Å². The smallest absolute Gasteiger partial charge is 0.170 e. The lowest BCUT2D eigenvalue weighted by Crippen LogP contribution is -2.19. The van der Waals surface area contributed by atoms with Crippen LogP contribution in [-0.2, 0) is 11.2 Å². The fourth-order valence-electron chi connectivity index (χ4n) is 6.34. The van der Waals surface area contributed by atoms with E-state index in [0.717, 1.165) is 41.5 Å². The van der Waals surface area contributed by atoms with Crippen LogP contribution in [0, 0.1) is 23.5 Å². The maximum absolute atomic E-state index is 14.0. The van der Waals surface area contributed by atoms with E-state index in [4.69, 9.17) is 4.74 Å². The zero-order chi connectivity index (χ0) is 28.9. The number of allylic oxidation sites excluding steroid dienone is 4. The summed E-state index contributed by atoms with van der Waals surface area (Å²) in [5, 5.41) is 0. The molecule has 0 saturated heterocycles. The summed E-state index contributed by atoms with van der Waals surface area (Å²) in [5.41, 5.74) is 5.32. The van der Waals surface area contributed by atoms with E-state index >= 15 is 0 Å². The van der Waals surface area contributed by atoms with Crippen LogP contribution in [0.15, 0.2) is 84.5 Å². The number of carbonyl (C=O) groups is 2. The maximum Gasteiger partial charge on any atom is 0.170 e. The minimum absolute atomic E-state index is 0.176. The first-order chi connectivity index (χ1) is 19.8. The fourth-order valence-corrected chi connectivity index (χ4v) is 6.34. The maximum atomic E-state index is 14.0. The molecule has 41 heavy (non-hydrogen) atoms. The highest BCUT2D eigenvalue weighted by atomic mass is 19.1. The third kappa shape index (κ3) is 6.73. The third-order valence-electron chi connectivity index (χ3n) is 8.51. The minimum Gasteiger partial charge on any atom is -0.496 e. The quantitative estimate of drug-likeness (QED) is 0.176. The van der Waals surface area contributed by atoms with Crippen LogP contribution in [0.5, 0.6) is 5.75 Å². The van der Waals surface area contributed by atoms with Gasteiger partial charge in [0.15, 0.2) is 5.78 Å². The summed E-state index contributed by atoms with van der Waals surface area (Å²) in [6.45, 7) is 2.15. The molecule has 212 valence electrons. The molecule has 0 spiro atoms. The van der Waals surface area contributed by atoms with Crippen molar-refractivity contribution in [3.05, 3.63) is 118 Å². The topological polar surface area (TPSA) is 43.4 Å². The molecule has 0 N–H and O–H groups in total. The Morgan fingerprint density at radius 3 is 2.41 bits per heavy atom. The fraction of sp³-hybridized carbons (Fsp3) is 0.333. The molecule has 3 aromatic carbocycles. The molecule has 3 atom stereocenters. The first-order valence-corrected chi connectivity index (χ1v) is 14.4. The number of Topliss-reactive ketones (excluding diaryl/α,β-unsaturated/α-hetero) is 2. The standard InChI is InChI=1S/C36H36F2O3/c1-23-9-10-24(19-23)11-17-31(39)18-14-26-5-4-8-32(36(26)41-2)33-21-28(25-12-15-29(37)16-13-25)22-34(33)35(40)27-6-3-7-30(38)20-27/h3-8,12-13,15-16,19-20,22,24,33-34H,9-11,14,17-18,21H2,1-2H3. The Labute approximate surface area is 240 Å². The molecule has 0 bridgehead atoms. The van der Waals surface area contributed by atoms with Gasteiger partial charge in [-0.25, -0.2) is 8.78 Å². The highest BCUT2D eigenvalue weighted by Gasteiger charge is 2.37. The first kappa shape index (κ1) is 28.7. The number of para-hydroxylation sites is 1. The van der Waals surface area contributed by atoms with Gasteiger partial charge in [-0.3, -0.25) is 9.59 Å².